The molecular weight excluding hydrogens is 174 g/mol. The maximum atomic E-state index is 5.70. The number of hydrogen-bond acceptors (Lipinski definition) is 2. The van der Waals surface area contributed by atoms with Gasteiger partial charge in [0.2, 0.25) is 0 Å². The van der Waals surface area contributed by atoms with Crippen LogP contribution in [0, 0.1) is 0 Å². The van der Waals surface area contributed by atoms with E-state index in [4.69, 9.17) is 5.73 Å². The fourth-order valence-electron chi connectivity index (χ4n) is 1.39. The first-order valence-electron chi connectivity index (χ1n) is 4.70. The summed E-state index contributed by atoms with van der Waals surface area (Å²) in [6, 6.07) is 9.79. The minimum Gasteiger partial charge on any atom is -0.399 e. The molecule has 0 fully saturated rings. The van der Waals surface area contributed by atoms with Crippen LogP contribution in [0.15, 0.2) is 30.3 Å². The lowest BCUT2D eigenvalue weighted by molar-refractivity contribution is 0.976. The van der Waals surface area contributed by atoms with E-state index in [1.165, 1.54) is 0 Å². The van der Waals surface area contributed by atoms with Gasteiger partial charge in [-0.25, -0.2) is 0 Å². The van der Waals surface area contributed by atoms with E-state index in [-0.39, 0.29) is 0 Å². The molecule has 0 unspecified atom stereocenters. The van der Waals surface area contributed by atoms with Gasteiger partial charge in [0.1, 0.15) is 0 Å². The van der Waals surface area contributed by atoms with Crippen LogP contribution in [-0.4, -0.2) is 10.2 Å². The summed E-state index contributed by atoms with van der Waals surface area (Å²) in [7, 11) is 0. The van der Waals surface area contributed by atoms with Crippen molar-refractivity contribution in [2.45, 2.75) is 13.3 Å². The topological polar surface area (TPSA) is 54.7 Å². The standard InChI is InChI=1S/C11H13N3/c1-2-10-7-11(14-13-10)8-4-3-5-9(12)6-8/h3-7H,2,12H2,1H3,(H,13,14). The Balaban J connectivity index is 2.39. The first-order chi connectivity index (χ1) is 6.79. The monoisotopic (exact) mass is 187 g/mol. The third kappa shape index (κ3) is 1.62. The Morgan fingerprint density at radius 1 is 1.36 bits per heavy atom. The summed E-state index contributed by atoms with van der Waals surface area (Å²) in [6.07, 6.45) is 0.968. The number of nitrogen functional groups attached to an aromatic ring is 1. The molecule has 0 saturated carbocycles. The third-order valence-electron chi connectivity index (χ3n) is 2.19. The Morgan fingerprint density at radius 2 is 2.21 bits per heavy atom. The second-order valence-corrected chi connectivity index (χ2v) is 3.26. The Kier molecular flexibility index (Phi) is 2.23. The molecule has 3 heteroatoms. The Morgan fingerprint density at radius 3 is 2.86 bits per heavy atom. The number of H-pyrrole nitrogens is 1. The maximum Gasteiger partial charge on any atom is 0.0924 e. The molecule has 0 bridgehead atoms. The number of nitrogens with zero attached hydrogens (tertiary/aromatic N) is 1. The summed E-state index contributed by atoms with van der Waals surface area (Å²) < 4.78 is 0. The fraction of sp³-hybridized carbons (Fsp3) is 0.182. The van der Waals surface area contributed by atoms with Gasteiger partial charge in [0.15, 0.2) is 0 Å². The van der Waals surface area contributed by atoms with E-state index in [0.29, 0.717) is 0 Å². The highest BCUT2D eigenvalue weighted by atomic mass is 15.1. The fourth-order valence-corrected chi connectivity index (χ4v) is 1.39. The van der Waals surface area contributed by atoms with Crippen LogP contribution in [0.2, 0.25) is 0 Å². The van der Waals surface area contributed by atoms with Crippen molar-refractivity contribution in [2.24, 2.45) is 0 Å². The van der Waals surface area contributed by atoms with Crippen LogP contribution >= 0.6 is 0 Å². The van der Waals surface area contributed by atoms with Crippen molar-refractivity contribution < 1.29 is 0 Å². The SMILES string of the molecule is CCc1cc(-c2cccc(N)c2)n[nH]1. The number of aromatic amines is 1. The van der Waals surface area contributed by atoms with Crippen LogP contribution in [-0.2, 0) is 6.42 Å². The van der Waals surface area contributed by atoms with E-state index in [9.17, 15) is 0 Å². The quantitative estimate of drug-likeness (QED) is 0.708. The summed E-state index contributed by atoms with van der Waals surface area (Å²) in [6.45, 7) is 2.09. The van der Waals surface area contributed by atoms with Gasteiger partial charge in [-0.2, -0.15) is 5.10 Å². The molecule has 0 aliphatic rings. The summed E-state index contributed by atoms with van der Waals surface area (Å²) in [5.41, 5.74) is 9.61. The molecule has 72 valence electrons. The number of benzene rings is 1. The van der Waals surface area contributed by atoms with E-state index < -0.39 is 0 Å². The predicted molar refractivity (Wildman–Crippen MR) is 57.8 cm³/mol. The van der Waals surface area contributed by atoms with Crippen LogP contribution in [0.1, 0.15) is 12.6 Å². The second kappa shape index (κ2) is 3.54. The highest BCUT2D eigenvalue weighted by Crippen LogP contribution is 2.19. The van der Waals surface area contributed by atoms with Crippen molar-refractivity contribution in [3.8, 4) is 11.3 Å². The normalized spacial score (nSPS) is 10.4. The zero-order valence-electron chi connectivity index (χ0n) is 8.12. The van der Waals surface area contributed by atoms with Gasteiger partial charge < -0.3 is 5.73 Å². The van der Waals surface area contributed by atoms with Gasteiger partial charge in [0.25, 0.3) is 0 Å². The first kappa shape index (κ1) is 8.81. The van der Waals surface area contributed by atoms with Gasteiger partial charge >= 0.3 is 0 Å². The van der Waals surface area contributed by atoms with E-state index in [1.807, 2.05) is 24.3 Å². The summed E-state index contributed by atoms with van der Waals surface area (Å²) >= 11 is 0. The molecule has 0 atom stereocenters. The van der Waals surface area contributed by atoms with Gasteiger partial charge in [-0.05, 0) is 24.6 Å². The van der Waals surface area contributed by atoms with E-state index in [1.54, 1.807) is 0 Å². The minimum absolute atomic E-state index is 0.767. The first-order valence-corrected chi connectivity index (χ1v) is 4.70. The second-order valence-electron chi connectivity index (χ2n) is 3.26. The lowest BCUT2D eigenvalue weighted by Crippen LogP contribution is -1.84. The minimum atomic E-state index is 0.767. The van der Waals surface area contributed by atoms with Crippen LogP contribution in [0.5, 0.6) is 0 Å². The molecule has 14 heavy (non-hydrogen) atoms. The molecule has 1 heterocycles. The van der Waals surface area contributed by atoms with Gasteiger partial charge in [-0.1, -0.05) is 19.1 Å². The predicted octanol–water partition coefficient (Wildman–Crippen LogP) is 2.22. The number of rotatable bonds is 2. The summed E-state index contributed by atoms with van der Waals surface area (Å²) in [4.78, 5) is 0. The molecule has 2 rings (SSSR count). The van der Waals surface area contributed by atoms with Crippen LogP contribution < -0.4 is 5.73 Å². The van der Waals surface area contributed by atoms with Crippen molar-refractivity contribution in [3.63, 3.8) is 0 Å². The molecule has 0 saturated heterocycles. The Hall–Kier alpha value is -1.77. The van der Waals surface area contributed by atoms with Crippen LogP contribution in [0.3, 0.4) is 0 Å². The van der Waals surface area contributed by atoms with Crippen molar-refractivity contribution in [1.82, 2.24) is 10.2 Å². The molecule has 3 nitrogen and oxygen atoms in total. The van der Waals surface area contributed by atoms with Gasteiger partial charge in [0.05, 0.1) is 5.69 Å². The average Bonchev–Trinajstić information content (AvgIpc) is 2.66. The summed E-state index contributed by atoms with van der Waals surface area (Å²) in [5, 5.41) is 7.20. The number of hydrogen-bond donors (Lipinski definition) is 2. The molecule has 0 amide bonds. The maximum absolute atomic E-state index is 5.70. The largest absolute Gasteiger partial charge is 0.399 e. The molecule has 3 N–H and O–H groups in total. The van der Waals surface area contributed by atoms with Crippen molar-refractivity contribution in [1.29, 1.82) is 0 Å². The zero-order chi connectivity index (χ0) is 9.97. The average molecular weight is 187 g/mol. The van der Waals surface area contributed by atoms with Crippen molar-refractivity contribution in [2.75, 3.05) is 5.73 Å². The molecule has 0 radical (unpaired) electrons. The van der Waals surface area contributed by atoms with Crippen LogP contribution in [0.25, 0.3) is 11.3 Å². The number of nitrogens with two attached hydrogens (primary N) is 1. The van der Waals surface area contributed by atoms with Crippen molar-refractivity contribution in [3.05, 3.63) is 36.0 Å². The number of aryl methyl sites for hydroxylation is 1. The smallest absolute Gasteiger partial charge is 0.0924 e. The molecule has 0 spiro atoms. The highest BCUT2D eigenvalue weighted by molar-refractivity contribution is 5.63. The van der Waals surface area contributed by atoms with Gasteiger partial charge in [-0.15, -0.1) is 0 Å². The number of anilines is 1. The Bertz CT molecular complexity index is 432. The lowest BCUT2D eigenvalue weighted by Gasteiger charge is -1.96. The molecule has 0 aliphatic carbocycles. The lowest BCUT2D eigenvalue weighted by atomic mass is 10.1. The van der Waals surface area contributed by atoms with E-state index in [0.717, 1.165) is 29.1 Å². The van der Waals surface area contributed by atoms with E-state index in [2.05, 4.69) is 23.2 Å². The molecule has 0 aliphatic heterocycles. The molecule has 1 aromatic carbocycles. The summed E-state index contributed by atoms with van der Waals surface area (Å²) in [5.74, 6) is 0. The molecular formula is C11H13N3. The number of aromatic nitrogens is 2. The molecule has 1 aromatic heterocycles. The third-order valence-corrected chi connectivity index (χ3v) is 2.19. The van der Waals surface area contributed by atoms with Gasteiger partial charge in [-0.3, -0.25) is 5.10 Å². The highest BCUT2D eigenvalue weighted by Gasteiger charge is 2.02. The van der Waals surface area contributed by atoms with Gasteiger partial charge in [0, 0.05) is 16.9 Å². The van der Waals surface area contributed by atoms with Crippen molar-refractivity contribution >= 4 is 5.69 Å². The van der Waals surface area contributed by atoms with E-state index >= 15 is 0 Å². The molecule has 2 aromatic rings. The number of nitrogens with one attached hydrogen (secondary N) is 1. The Labute approximate surface area is 83.0 Å². The zero-order valence-corrected chi connectivity index (χ0v) is 8.12. The van der Waals surface area contributed by atoms with Crippen LogP contribution in [0.4, 0.5) is 5.69 Å².